The summed E-state index contributed by atoms with van der Waals surface area (Å²) in [5.41, 5.74) is 7.71. The Kier molecular flexibility index (Phi) is 8.56. The summed E-state index contributed by atoms with van der Waals surface area (Å²) in [5.74, 6) is 4.66. The van der Waals surface area contributed by atoms with E-state index in [-0.39, 0.29) is 19.8 Å². The van der Waals surface area contributed by atoms with Gasteiger partial charge >= 0.3 is 8.25 Å². The lowest BCUT2D eigenvalue weighted by atomic mass is 10.1. The fourth-order valence-corrected chi connectivity index (χ4v) is 3.98. The van der Waals surface area contributed by atoms with Crippen molar-refractivity contribution in [1.29, 1.82) is 0 Å². The van der Waals surface area contributed by atoms with Gasteiger partial charge in [-0.1, -0.05) is 4.99 Å². The maximum absolute atomic E-state index is 11.2. The van der Waals surface area contributed by atoms with Crippen LogP contribution in [0.4, 0.5) is 0 Å². The van der Waals surface area contributed by atoms with Crippen LogP contribution in [0.1, 0.15) is 28.9 Å². The van der Waals surface area contributed by atoms with Crippen LogP contribution in [-0.4, -0.2) is 45.0 Å². The minimum absolute atomic E-state index is 0.0369. The second-order valence-electron chi connectivity index (χ2n) is 7.11. The predicted molar refractivity (Wildman–Crippen MR) is 115 cm³/mol. The molecule has 0 spiro atoms. The minimum Gasteiger partial charge on any atom is -0.396 e. The normalized spacial score (nSPS) is 11.9. The van der Waals surface area contributed by atoms with Crippen LogP contribution < -0.4 is 5.90 Å². The first-order chi connectivity index (χ1) is 15.0. The number of aliphatic hydroxyl groups is 2. The average molecular weight is 451 g/mol. The molecule has 31 heavy (non-hydrogen) atoms. The molecule has 7 N–H and O–H groups in total. The fourth-order valence-electron chi connectivity index (χ4n) is 3.59. The summed E-state index contributed by atoms with van der Waals surface area (Å²) >= 11 is 0. The number of H-pyrrole nitrogens is 3. The minimum atomic E-state index is -2.38. The molecule has 168 valence electrons. The van der Waals surface area contributed by atoms with E-state index in [0.29, 0.717) is 25.7 Å². The van der Waals surface area contributed by atoms with Gasteiger partial charge < -0.3 is 25.2 Å². The first-order valence-electron chi connectivity index (χ1n) is 10.00. The van der Waals surface area contributed by atoms with Gasteiger partial charge in [0, 0.05) is 29.2 Å². The molecule has 1 unspecified atom stereocenters. The number of aromatic amines is 3. The maximum atomic E-state index is 11.2. The Morgan fingerprint density at radius 3 is 2.39 bits per heavy atom. The summed E-state index contributed by atoms with van der Waals surface area (Å²) in [6.45, 7) is 2.32. The van der Waals surface area contributed by atoms with Gasteiger partial charge in [-0.3, -0.25) is 0 Å². The zero-order chi connectivity index (χ0) is 22.2. The Labute approximate surface area is 180 Å². The third-order valence-electron chi connectivity index (χ3n) is 4.87. The monoisotopic (exact) mass is 451 g/mol. The molecule has 3 rings (SSSR count). The Hall–Kier alpha value is -2.30. The molecular weight excluding hydrogens is 423 g/mol. The molecule has 0 aliphatic rings. The van der Waals surface area contributed by atoms with Gasteiger partial charge in [-0.15, -0.1) is 4.52 Å². The van der Waals surface area contributed by atoms with Crippen LogP contribution in [0.25, 0.3) is 22.8 Å². The van der Waals surface area contributed by atoms with Crippen molar-refractivity contribution in [3.63, 3.8) is 0 Å². The number of hydrogen-bond acceptors (Lipinski definition) is 7. The zero-order valence-corrected chi connectivity index (χ0v) is 18.2. The molecular formula is C20H28N4O6P+. The van der Waals surface area contributed by atoms with E-state index in [0.717, 1.165) is 45.3 Å². The van der Waals surface area contributed by atoms with Crippen LogP contribution >= 0.6 is 8.25 Å². The van der Waals surface area contributed by atoms with Crippen molar-refractivity contribution in [3.8, 4) is 22.8 Å². The Morgan fingerprint density at radius 1 is 0.968 bits per heavy atom. The van der Waals surface area contributed by atoms with Crippen LogP contribution in [0.2, 0.25) is 0 Å². The Morgan fingerprint density at radius 2 is 1.68 bits per heavy atom. The van der Waals surface area contributed by atoms with Crippen molar-refractivity contribution in [2.75, 3.05) is 19.8 Å². The molecule has 0 amide bonds. The highest BCUT2D eigenvalue weighted by molar-refractivity contribution is 7.33. The molecule has 0 bridgehead atoms. The average Bonchev–Trinajstić information content (AvgIpc) is 3.45. The number of aryl methyl sites for hydroxylation is 2. The quantitative estimate of drug-likeness (QED) is 0.101. The lowest BCUT2D eigenvalue weighted by Gasteiger charge is -2.02. The first kappa shape index (κ1) is 23.4. The summed E-state index contributed by atoms with van der Waals surface area (Å²) in [5, 5.41) is 18.9. The van der Waals surface area contributed by atoms with Crippen LogP contribution in [0.3, 0.4) is 0 Å². The van der Waals surface area contributed by atoms with Crippen molar-refractivity contribution < 1.29 is 29.0 Å². The standard InChI is InChI=1S/C20H28N4O6P/c1-13-11-14(6-8-25)20(22-13)18-12-15(7-9-26)19(24-18)17-5-4-16(23-17)3-2-10-28-31(27)30-29-21/h4-5,11-12,22-26H,2-3,6-10,21H2,1H3/q+1. The highest BCUT2D eigenvalue weighted by Crippen LogP contribution is 2.31. The first-order valence-corrected chi connectivity index (χ1v) is 11.1. The molecule has 3 aromatic rings. The van der Waals surface area contributed by atoms with Crippen molar-refractivity contribution in [2.45, 2.75) is 32.6 Å². The van der Waals surface area contributed by atoms with E-state index in [1.807, 2.05) is 31.2 Å². The third kappa shape index (κ3) is 6.11. The predicted octanol–water partition coefficient (Wildman–Crippen LogP) is 2.81. The number of rotatable bonds is 13. The van der Waals surface area contributed by atoms with Gasteiger partial charge in [-0.25, -0.2) is 0 Å². The summed E-state index contributed by atoms with van der Waals surface area (Å²) in [6, 6.07) is 8.02. The van der Waals surface area contributed by atoms with E-state index in [1.54, 1.807) is 0 Å². The molecule has 0 aliphatic carbocycles. The van der Waals surface area contributed by atoms with Crippen LogP contribution in [0.5, 0.6) is 0 Å². The van der Waals surface area contributed by atoms with Crippen LogP contribution in [0, 0.1) is 6.92 Å². The lowest BCUT2D eigenvalue weighted by Crippen LogP contribution is -1.97. The lowest BCUT2D eigenvalue weighted by molar-refractivity contribution is -0.214. The smallest absolute Gasteiger partial charge is 0.396 e. The molecule has 0 saturated carbocycles. The van der Waals surface area contributed by atoms with Gasteiger partial charge in [0.1, 0.15) is 6.61 Å². The highest BCUT2D eigenvalue weighted by Gasteiger charge is 2.21. The van der Waals surface area contributed by atoms with Gasteiger partial charge in [0.05, 0.1) is 27.5 Å². The summed E-state index contributed by atoms with van der Waals surface area (Å²) < 4.78 is 20.3. The molecule has 0 aromatic carbocycles. The van der Waals surface area contributed by atoms with Gasteiger partial charge in [-0.2, -0.15) is 5.90 Å². The van der Waals surface area contributed by atoms with Gasteiger partial charge in [-0.05, 0) is 68.0 Å². The van der Waals surface area contributed by atoms with Gasteiger partial charge in [0.15, 0.2) is 0 Å². The van der Waals surface area contributed by atoms with Crippen LogP contribution in [-0.2, 0) is 38.0 Å². The third-order valence-corrected chi connectivity index (χ3v) is 5.47. The Balaban J connectivity index is 1.75. The number of nitrogens with one attached hydrogen (secondary N) is 3. The van der Waals surface area contributed by atoms with E-state index in [4.69, 9.17) is 4.52 Å². The second-order valence-corrected chi connectivity index (χ2v) is 7.97. The molecule has 10 nitrogen and oxygen atoms in total. The Bertz CT molecular complexity index is 996. The molecule has 0 fully saturated rings. The molecule has 11 heteroatoms. The molecule has 1 atom stereocenters. The summed E-state index contributed by atoms with van der Waals surface area (Å²) in [4.78, 5) is 14.0. The second kappa shape index (κ2) is 11.4. The molecule has 3 aromatic heterocycles. The molecule has 0 aliphatic heterocycles. The summed E-state index contributed by atoms with van der Waals surface area (Å²) in [6.07, 6.45) is 2.39. The van der Waals surface area contributed by atoms with E-state index in [1.165, 1.54) is 0 Å². The van der Waals surface area contributed by atoms with Crippen molar-refractivity contribution >= 4 is 8.25 Å². The van der Waals surface area contributed by atoms with Crippen molar-refractivity contribution in [2.24, 2.45) is 5.90 Å². The topological polar surface area (TPSA) is 159 Å². The van der Waals surface area contributed by atoms with E-state index >= 15 is 0 Å². The van der Waals surface area contributed by atoms with E-state index in [2.05, 4.69) is 30.5 Å². The van der Waals surface area contributed by atoms with E-state index < -0.39 is 8.25 Å². The molecule has 3 heterocycles. The number of nitrogens with two attached hydrogens (primary N) is 1. The van der Waals surface area contributed by atoms with Crippen molar-refractivity contribution in [3.05, 3.63) is 46.8 Å². The summed E-state index contributed by atoms with van der Waals surface area (Å²) in [7, 11) is -2.38. The SMILES string of the molecule is Cc1cc(CCO)c(-c2cc(CCO)c(-c3ccc(CCCO[P+](=O)OON)[nH]3)[nH]2)[nH]1. The van der Waals surface area contributed by atoms with Gasteiger partial charge in [0.2, 0.25) is 0 Å². The molecule has 0 radical (unpaired) electrons. The van der Waals surface area contributed by atoms with Crippen molar-refractivity contribution in [1.82, 2.24) is 15.0 Å². The highest BCUT2D eigenvalue weighted by atomic mass is 31.1. The van der Waals surface area contributed by atoms with E-state index in [9.17, 15) is 14.8 Å². The fraction of sp³-hybridized carbons (Fsp3) is 0.400. The number of aromatic nitrogens is 3. The molecule has 0 saturated heterocycles. The maximum Gasteiger partial charge on any atom is 0.730 e. The van der Waals surface area contributed by atoms with Crippen LogP contribution in [0.15, 0.2) is 24.3 Å². The number of hydrogen-bond donors (Lipinski definition) is 6. The van der Waals surface area contributed by atoms with Gasteiger partial charge in [0.25, 0.3) is 0 Å². The number of aliphatic hydroxyl groups excluding tert-OH is 2. The zero-order valence-electron chi connectivity index (χ0n) is 17.3. The largest absolute Gasteiger partial charge is 0.730 e.